The number of hydrogen-bond acceptors (Lipinski definition) is 8. The van der Waals surface area contributed by atoms with Crippen LogP contribution in [0.25, 0.3) is 0 Å². The molecule has 192 valence electrons. The van der Waals surface area contributed by atoms with Gasteiger partial charge in [0.1, 0.15) is 17.5 Å². The Hall–Kier alpha value is -4.61. The number of amides is 2. The van der Waals surface area contributed by atoms with E-state index in [2.05, 4.69) is 25.1 Å². The van der Waals surface area contributed by atoms with E-state index in [1.165, 1.54) is 37.8 Å². The lowest BCUT2D eigenvalue weighted by Crippen LogP contribution is -2.41. The Balaban J connectivity index is 1.53. The van der Waals surface area contributed by atoms with E-state index >= 15 is 0 Å². The summed E-state index contributed by atoms with van der Waals surface area (Å²) in [5.41, 5.74) is 2.25. The Bertz CT molecular complexity index is 1290. The first-order chi connectivity index (χ1) is 17.9. The van der Waals surface area contributed by atoms with Crippen molar-refractivity contribution in [2.45, 2.75) is 32.6 Å². The van der Waals surface area contributed by atoms with Crippen LogP contribution in [0.5, 0.6) is 11.5 Å². The standard InChI is InChI=1S/C25H23F2N5O5/c1-3-19-22(16-6-9-20(35-2)21(12-16)36-24(26)27)31-32(25(34)37-19)14-15-4-7-17(8-5-15)30-23(33)18-13-28-10-11-29-18/h4-13,19,24H,3,14H2,1-2H3,(H,30,33). The summed E-state index contributed by atoms with van der Waals surface area (Å²) in [6.07, 6.45) is 3.36. The molecular formula is C25H23F2N5O5. The number of carbonyl (C=O) groups is 2. The lowest BCUT2D eigenvalue weighted by molar-refractivity contribution is -0.0512. The summed E-state index contributed by atoms with van der Waals surface area (Å²) in [6, 6.07) is 11.3. The lowest BCUT2D eigenvalue weighted by atomic mass is 10.0. The van der Waals surface area contributed by atoms with Gasteiger partial charge >= 0.3 is 12.7 Å². The summed E-state index contributed by atoms with van der Waals surface area (Å²) in [4.78, 5) is 32.7. The first kappa shape index (κ1) is 25.5. The van der Waals surface area contributed by atoms with Crippen LogP contribution in [0.1, 0.15) is 35.0 Å². The molecule has 0 spiro atoms. The zero-order valence-corrected chi connectivity index (χ0v) is 19.9. The normalized spacial score (nSPS) is 15.2. The Kier molecular flexibility index (Phi) is 7.86. The summed E-state index contributed by atoms with van der Waals surface area (Å²) in [6.45, 7) is -1.15. The molecule has 0 saturated heterocycles. The zero-order valence-electron chi connectivity index (χ0n) is 19.9. The zero-order chi connectivity index (χ0) is 26.4. The van der Waals surface area contributed by atoms with Crippen LogP contribution in [0.15, 0.2) is 66.2 Å². The fourth-order valence-corrected chi connectivity index (χ4v) is 3.60. The van der Waals surface area contributed by atoms with Gasteiger partial charge in [0.25, 0.3) is 5.91 Å². The van der Waals surface area contributed by atoms with Gasteiger partial charge in [-0.3, -0.25) is 9.78 Å². The number of nitrogens with zero attached hydrogens (tertiary/aromatic N) is 4. The van der Waals surface area contributed by atoms with Gasteiger partial charge < -0.3 is 19.5 Å². The molecule has 0 aliphatic carbocycles. The van der Waals surface area contributed by atoms with Gasteiger partial charge in [0.2, 0.25) is 0 Å². The fraction of sp³-hybridized carbons (Fsp3) is 0.240. The molecule has 1 aromatic heterocycles. The molecule has 0 fully saturated rings. The van der Waals surface area contributed by atoms with Gasteiger partial charge in [0.05, 0.1) is 19.9 Å². The number of methoxy groups -OCH3 is 1. The Morgan fingerprint density at radius 3 is 2.59 bits per heavy atom. The third-order valence-corrected chi connectivity index (χ3v) is 5.37. The summed E-state index contributed by atoms with van der Waals surface area (Å²) in [5, 5.41) is 8.34. The Morgan fingerprint density at radius 2 is 1.95 bits per heavy atom. The molecule has 2 heterocycles. The molecule has 1 N–H and O–H groups in total. The molecule has 2 aromatic carbocycles. The van der Waals surface area contributed by atoms with E-state index in [-0.39, 0.29) is 23.7 Å². The molecule has 2 amide bonds. The van der Waals surface area contributed by atoms with Crippen molar-refractivity contribution < 1.29 is 32.6 Å². The summed E-state index contributed by atoms with van der Waals surface area (Å²) < 4.78 is 41.0. The molecule has 3 aromatic rings. The number of carbonyl (C=O) groups excluding carboxylic acids is 2. The average Bonchev–Trinajstić information content (AvgIpc) is 2.90. The van der Waals surface area contributed by atoms with Crippen molar-refractivity contribution in [3.8, 4) is 11.5 Å². The van der Waals surface area contributed by atoms with Crippen molar-refractivity contribution >= 4 is 23.4 Å². The highest BCUT2D eigenvalue weighted by molar-refractivity contribution is 6.06. The second-order valence-corrected chi connectivity index (χ2v) is 7.81. The average molecular weight is 511 g/mol. The Labute approximate surface area is 210 Å². The first-order valence-corrected chi connectivity index (χ1v) is 11.2. The highest BCUT2D eigenvalue weighted by Gasteiger charge is 2.31. The van der Waals surface area contributed by atoms with E-state index in [0.717, 1.165) is 5.01 Å². The second kappa shape index (κ2) is 11.4. The molecule has 0 saturated carbocycles. The number of anilines is 1. The fourth-order valence-electron chi connectivity index (χ4n) is 3.60. The molecule has 10 nitrogen and oxygen atoms in total. The van der Waals surface area contributed by atoms with Crippen molar-refractivity contribution in [3.05, 3.63) is 77.9 Å². The molecule has 1 unspecified atom stereocenters. The van der Waals surface area contributed by atoms with Crippen molar-refractivity contribution in [3.63, 3.8) is 0 Å². The number of hydrogen-bond donors (Lipinski definition) is 1. The first-order valence-electron chi connectivity index (χ1n) is 11.2. The SMILES string of the molecule is CCC1OC(=O)N(Cc2ccc(NC(=O)c3cnccn3)cc2)N=C1c1ccc(OC)c(OC(F)F)c1. The number of rotatable bonds is 9. The van der Waals surface area contributed by atoms with E-state index in [1.807, 2.05) is 6.92 Å². The minimum absolute atomic E-state index is 0.0771. The third kappa shape index (κ3) is 6.15. The number of hydrazone groups is 1. The summed E-state index contributed by atoms with van der Waals surface area (Å²) in [7, 11) is 1.34. The minimum Gasteiger partial charge on any atom is -0.493 e. The topological polar surface area (TPSA) is 115 Å². The molecule has 1 aliphatic heterocycles. The van der Waals surface area contributed by atoms with Crippen LogP contribution in [-0.2, 0) is 11.3 Å². The van der Waals surface area contributed by atoms with Gasteiger partial charge in [0, 0.05) is 23.6 Å². The number of alkyl halides is 2. The molecule has 0 radical (unpaired) electrons. The summed E-state index contributed by atoms with van der Waals surface area (Å²) in [5.74, 6) is -0.432. The predicted molar refractivity (Wildman–Crippen MR) is 129 cm³/mol. The number of cyclic esters (lactones) is 1. The van der Waals surface area contributed by atoms with Crippen LogP contribution in [0.2, 0.25) is 0 Å². The molecule has 1 aliphatic rings. The van der Waals surface area contributed by atoms with Crippen molar-refractivity contribution in [1.82, 2.24) is 15.0 Å². The number of aromatic nitrogens is 2. The predicted octanol–water partition coefficient (Wildman–Crippen LogP) is 4.47. The van der Waals surface area contributed by atoms with Gasteiger partial charge in [-0.05, 0) is 42.3 Å². The van der Waals surface area contributed by atoms with E-state index in [0.29, 0.717) is 28.9 Å². The van der Waals surface area contributed by atoms with Crippen molar-refractivity contribution in [1.29, 1.82) is 0 Å². The maximum absolute atomic E-state index is 12.9. The van der Waals surface area contributed by atoms with E-state index < -0.39 is 24.7 Å². The second-order valence-electron chi connectivity index (χ2n) is 7.81. The van der Waals surface area contributed by atoms with Crippen molar-refractivity contribution in [2.75, 3.05) is 12.4 Å². The van der Waals surface area contributed by atoms with E-state index in [1.54, 1.807) is 30.3 Å². The lowest BCUT2D eigenvalue weighted by Gasteiger charge is -2.29. The van der Waals surface area contributed by atoms with Gasteiger partial charge in [-0.15, -0.1) is 0 Å². The number of halogens is 2. The number of nitrogens with one attached hydrogen (secondary N) is 1. The van der Waals surface area contributed by atoms with Gasteiger partial charge in [-0.2, -0.15) is 18.9 Å². The van der Waals surface area contributed by atoms with Crippen LogP contribution < -0.4 is 14.8 Å². The minimum atomic E-state index is -3.04. The monoisotopic (exact) mass is 511 g/mol. The number of ether oxygens (including phenoxy) is 3. The van der Waals surface area contributed by atoms with Crippen molar-refractivity contribution in [2.24, 2.45) is 5.10 Å². The maximum atomic E-state index is 12.9. The molecular weight excluding hydrogens is 488 g/mol. The van der Waals surface area contributed by atoms with Crippen LogP contribution in [0.4, 0.5) is 19.3 Å². The highest BCUT2D eigenvalue weighted by Crippen LogP contribution is 2.31. The smallest absolute Gasteiger partial charge is 0.431 e. The molecule has 12 heteroatoms. The largest absolute Gasteiger partial charge is 0.493 e. The Morgan fingerprint density at radius 1 is 1.16 bits per heavy atom. The van der Waals surface area contributed by atoms with Gasteiger partial charge in [0.15, 0.2) is 11.5 Å². The van der Waals surface area contributed by atoms with Crippen LogP contribution in [0, 0.1) is 0 Å². The van der Waals surface area contributed by atoms with Gasteiger partial charge in [-0.25, -0.2) is 9.78 Å². The molecule has 1 atom stereocenters. The van der Waals surface area contributed by atoms with Crippen LogP contribution >= 0.6 is 0 Å². The maximum Gasteiger partial charge on any atom is 0.431 e. The van der Waals surface area contributed by atoms with Crippen LogP contribution in [-0.4, -0.2) is 52.5 Å². The van der Waals surface area contributed by atoms with E-state index in [4.69, 9.17) is 9.47 Å². The molecule has 4 rings (SSSR count). The number of benzene rings is 2. The third-order valence-electron chi connectivity index (χ3n) is 5.37. The van der Waals surface area contributed by atoms with Gasteiger partial charge in [-0.1, -0.05) is 19.1 Å². The van der Waals surface area contributed by atoms with E-state index in [9.17, 15) is 18.4 Å². The van der Waals surface area contributed by atoms with Crippen LogP contribution in [0.3, 0.4) is 0 Å². The quantitative estimate of drug-likeness (QED) is 0.451. The molecule has 0 bridgehead atoms. The molecule has 37 heavy (non-hydrogen) atoms. The summed E-state index contributed by atoms with van der Waals surface area (Å²) >= 11 is 0. The highest BCUT2D eigenvalue weighted by atomic mass is 19.3.